The molecule has 0 atom stereocenters. The number of hydrogen-bond acceptors (Lipinski definition) is 3. The number of para-hydroxylation sites is 2. The van der Waals surface area contributed by atoms with Gasteiger partial charge in [0.05, 0.1) is 22.6 Å². The molecule has 4 aromatic carbocycles. The Kier molecular flexibility index (Phi) is 5.16. The highest BCUT2D eigenvalue weighted by atomic mass is 15.2. The SMILES string of the molecule is CC1(C)c2ccccc2N(c2cccc(-c3ccccc3-c3ccc(C#N)cn3)c2)c2ccccc21. The molecular formula is C33H25N3. The van der Waals surface area contributed by atoms with Crippen molar-refractivity contribution in [1.29, 1.82) is 5.26 Å². The van der Waals surface area contributed by atoms with E-state index in [1.165, 1.54) is 22.5 Å². The number of rotatable bonds is 3. The maximum atomic E-state index is 9.16. The predicted octanol–water partition coefficient (Wildman–Crippen LogP) is 8.40. The van der Waals surface area contributed by atoms with Crippen LogP contribution in [0.3, 0.4) is 0 Å². The fraction of sp³-hybridized carbons (Fsp3) is 0.0909. The van der Waals surface area contributed by atoms with Gasteiger partial charge in [-0.15, -0.1) is 0 Å². The summed E-state index contributed by atoms with van der Waals surface area (Å²) in [5.74, 6) is 0. The molecule has 1 aliphatic heterocycles. The van der Waals surface area contributed by atoms with Gasteiger partial charge in [0.2, 0.25) is 0 Å². The first-order valence-corrected chi connectivity index (χ1v) is 12.1. The Labute approximate surface area is 211 Å². The van der Waals surface area contributed by atoms with Gasteiger partial charge in [-0.2, -0.15) is 5.26 Å². The first kappa shape index (κ1) is 21.8. The summed E-state index contributed by atoms with van der Waals surface area (Å²) in [5, 5.41) is 9.16. The fourth-order valence-corrected chi connectivity index (χ4v) is 5.34. The number of aromatic nitrogens is 1. The van der Waals surface area contributed by atoms with Crippen molar-refractivity contribution in [2.24, 2.45) is 0 Å². The standard InChI is InChI=1S/C33H25N3/c1-33(2)28-14-5-7-16-31(28)36(32-17-8-6-15-29(32)33)25-11-9-10-24(20-25)26-12-3-4-13-27(26)30-19-18-23(21-34)22-35-30/h3-20,22H,1-2H3. The number of hydrogen-bond donors (Lipinski definition) is 0. The summed E-state index contributed by atoms with van der Waals surface area (Å²) in [6, 6.07) is 40.3. The molecule has 172 valence electrons. The molecule has 0 N–H and O–H groups in total. The number of nitriles is 1. The summed E-state index contributed by atoms with van der Waals surface area (Å²) >= 11 is 0. The summed E-state index contributed by atoms with van der Waals surface area (Å²) in [4.78, 5) is 6.94. The van der Waals surface area contributed by atoms with Crippen LogP contribution in [0.4, 0.5) is 17.1 Å². The summed E-state index contributed by atoms with van der Waals surface area (Å²) in [5.41, 5.74) is 10.8. The molecular weight excluding hydrogens is 438 g/mol. The second-order valence-electron chi connectivity index (χ2n) is 9.63. The smallest absolute Gasteiger partial charge is 0.101 e. The molecule has 1 aromatic heterocycles. The maximum Gasteiger partial charge on any atom is 0.101 e. The minimum atomic E-state index is -0.0881. The maximum absolute atomic E-state index is 9.16. The normalized spacial score (nSPS) is 13.4. The fourth-order valence-electron chi connectivity index (χ4n) is 5.34. The zero-order valence-electron chi connectivity index (χ0n) is 20.3. The first-order chi connectivity index (χ1) is 17.6. The minimum absolute atomic E-state index is 0.0881. The summed E-state index contributed by atoms with van der Waals surface area (Å²) in [7, 11) is 0. The molecule has 6 rings (SSSR count). The van der Waals surface area contributed by atoms with E-state index >= 15 is 0 Å². The van der Waals surface area contributed by atoms with Crippen LogP contribution in [0.25, 0.3) is 22.4 Å². The number of fused-ring (bicyclic) bond motifs is 2. The average Bonchev–Trinajstić information content (AvgIpc) is 2.94. The molecule has 0 bridgehead atoms. The van der Waals surface area contributed by atoms with Crippen molar-refractivity contribution in [3.8, 4) is 28.5 Å². The molecule has 3 nitrogen and oxygen atoms in total. The predicted molar refractivity (Wildman–Crippen MR) is 147 cm³/mol. The molecule has 0 fully saturated rings. The van der Waals surface area contributed by atoms with Gasteiger partial charge in [0.25, 0.3) is 0 Å². The lowest BCUT2D eigenvalue weighted by molar-refractivity contribution is 0.632. The van der Waals surface area contributed by atoms with E-state index in [-0.39, 0.29) is 5.41 Å². The number of nitrogens with zero attached hydrogens (tertiary/aromatic N) is 3. The van der Waals surface area contributed by atoms with Gasteiger partial charge in [-0.05, 0) is 58.7 Å². The van der Waals surface area contributed by atoms with Crippen molar-refractivity contribution in [2.45, 2.75) is 19.3 Å². The Balaban J connectivity index is 1.51. The average molecular weight is 464 g/mol. The lowest BCUT2D eigenvalue weighted by Crippen LogP contribution is -2.30. The van der Waals surface area contributed by atoms with Crippen molar-refractivity contribution >= 4 is 17.1 Å². The lowest BCUT2D eigenvalue weighted by atomic mass is 9.73. The van der Waals surface area contributed by atoms with Gasteiger partial charge in [-0.1, -0.05) is 86.6 Å². The van der Waals surface area contributed by atoms with Crippen LogP contribution >= 0.6 is 0 Å². The molecule has 0 aliphatic carbocycles. The third kappa shape index (κ3) is 3.47. The van der Waals surface area contributed by atoms with Crippen LogP contribution in [0.5, 0.6) is 0 Å². The zero-order valence-corrected chi connectivity index (χ0v) is 20.3. The summed E-state index contributed by atoms with van der Waals surface area (Å²) in [6.45, 7) is 4.61. The van der Waals surface area contributed by atoms with Crippen molar-refractivity contribution in [1.82, 2.24) is 4.98 Å². The monoisotopic (exact) mass is 463 g/mol. The molecule has 0 unspecified atom stereocenters. The Hall–Kier alpha value is -4.68. The third-order valence-electron chi connectivity index (χ3n) is 7.15. The second kappa shape index (κ2) is 8.52. The van der Waals surface area contributed by atoms with Crippen LogP contribution in [-0.4, -0.2) is 4.98 Å². The molecule has 5 aromatic rings. The first-order valence-electron chi connectivity index (χ1n) is 12.1. The van der Waals surface area contributed by atoms with Crippen molar-refractivity contribution in [2.75, 3.05) is 4.90 Å². The van der Waals surface area contributed by atoms with E-state index in [1.807, 2.05) is 18.2 Å². The van der Waals surface area contributed by atoms with Crippen molar-refractivity contribution in [3.63, 3.8) is 0 Å². The molecule has 0 saturated heterocycles. The summed E-state index contributed by atoms with van der Waals surface area (Å²) in [6.07, 6.45) is 1.63. The van der Waals surface area contributed by atoms with E-state index in [1.54, 1.807) is 6.20 Å². The van der Waals surface area contributed by atoms with Gasteiger partial charge in [0.15, 0.2) is 0 Å². The minimum Gasteiger partial charge on any atom is -0.310 e. The lowest BCUT2D eigenvalue weighted by Gasteiger charge is -2.42. The van der Waals surface area contributed by atoms with Crippen molar-refractivity contribution < 1.29 is 0 Å². The number of pyridine rings is 1. The van der Waals surface area contributed by atoms with E-state index in [0.29, 0.717) is 5.56 Å². The van der Waals surface area contributed by atoms with Gasteiger partial charge in [-0.3, -0.25) is 4.98 Å². The molecule has 2 heterocycles. The van der Waals surface area contributed by atoms with E-state index in [0.717, 1.165) is 28.1 Å². The van der Waals surface area contributed by atoms with Crippen LogP contribution in [0, 0.1) is 11.3 Å². The van der Waals surface area contributed by atoms with Gasteiger partial charge in [0, 0.05) is 22.9 Å². The highest BCUT2D eigenvalue weighted by Crippen LogP contribution is 2.51. The summed E-state index contributed by atoms with van der Waals surface area (Å²) < 4.78 is 0. The molecule has 1 aliphatic rings. The van der Waals surface area contributed by atoms with Gasteiger partial charge in [-0.25, -0.2) is 0 Å². The van der Waals surface area contributed by atoms with Crippen LogP contribution in [0.1, 0.15) is 30.5 Å². The Morgan fingerprint density at radius 2 is 1.33 bits per heavy atom. The zero-order chi connectivity index (χ0) is 24.7. The van der Waals surface area contributed by atoms with Crippen LogP contribution in [-0.2, 0) is 5.41 Å². The van der Waals surface area contributed by atoms with E-state index in [9.17, 15) is 0 Å². The molecule has 3 heteroatoms. The van der Waals surface area contributed by atoms with Crippen LogP contribution in [0.15, 0.2) is 115 Å². The van der Waals surface area contributed by atoms with E-state index in [2.05, 4.69) is 121 Å². The molecule has 0 saturated carbocycles. The highest BCUT2D eigenvalue weighted by Gasteiger charge is 2.36. The molecule has 0 radical (unpaired) electrons. The Morgan fingerprint density at radius 3 is 1.97 bits per heavy atom. The third-order valence-corrected chi connectivity index (χ3v) is 7.15. The topological polar surface area (TPSA) is 39.9 Å². The second-order valence-corrected chi connectivity index (χ2v) is 9.63. The Morgan fingerprint density at radius 1 is 0.694 bits per heavy atom. The molecule has 0 amide bonds. The van der Waals surface area contributed by atoms with Gasteiger partial charge < -0.3 is 4.90 Å². The van der Waals surface area contributed by atoms with Crippen LogP contribution in [0.2, 0.25) is 0 Å². The molecule has 36 heavy (non-hydrogen) atoms. The quantitative estimate of drug-likeness (QED) is 0.270. The van der Waals surface area contributed by atoms with E-state index in [4.69, 9.17) is 5.26 Å². The van der Waals surface area contributed by atoms with Crippen molar-refractivity contribution in [3.05, 3.63) is 132 Å². The van der Waals surface area contributed by atoms with Gasteiger partial charge in [0.1, 0.15) is 6.07 Å². The number of anilines is 3. The molecule has 0 spiro atoms. The number of benzene rings is 4. The van der Waals surface area contributed by atoms with Crippen LogP contribution < -0.4 is 4.90 Å². The Bertz CT molecular complexity index is 1570. The highest BCUT2D eigenvalue weighted by molar-refractivity contribution is 5.89. The van der Waals surface area contributed by atoms with Gasteiger partial charge >= 0.3 is 0 Å². The van der Waals surface area contributed by atoms with E-state index < -0.39 is 0 Å². The largest absolute Gasteiger partial charge is 0.310 e.